The van der Waals surface area contributed by atoms with Crippen molar-refractivity contribution in [3.63, 3.8) is 0 Å². The molecule has 0 bridgehead atoms. The van der Waals surface area contributed by atoms with Gasteiger partial charge in [0.15, 0.2) is 5.96 Å². The number of aliphatic imine (C=N–C) groups is 1. The lowest BCUT2D eigenvalue weighted by Gasteiger charge is -2.13. The van der Waals surface area contributed by atoms with Crippen molar-refractivity contribution < 1.29 is 9.53 Å². The molecular weight excluding hydrogens is 316 g/mol. The number of unbranched alkanes of at least 4 members (excludes halogenated alkanes) is 1. The van der Waals surface area contributed by atoms with E-state index in [1.807, 2.05) is 38.1 Å². The Labute approximate surface area is 151 Å². The largest absolute Gasteiger partial charge is 0.382 e. The van der Waals surface area contributed by atoms with Crippen molar-refractivity contribution >= 4 is 17.6 Å². The minimum Gasteiger partial charge on any atom is -0.382 e. The Morgan fingerprint density at radius 1 is 1.20 bits per heavy atom. The fraction of sp³-hybridized carbons (Fsp3) is 0.579. The molecule has 0 atom stereocenters. The normalized spacial score (nSPS) is 11.2. The molecule has 0 saturated carbocycles. The number of carbonyl (C=O) groups excluding carboxylic acids is 1. The van der Waals surface area contributed by atoms with E-state index in [1.54, 1.807) is 7.05 Å². The lowest BCUT2D eigenvalue weighted by atomic mass is 10.2. The van der Waals surface area contributed by atoms with E-state index in [1.165, 1.54) is 0 Å². The number of nitrogens with zero attached hydrogens (tertiary/aromatic N) is 1. The van der Waals surface area contributed by atoms with E-state index in [0.717, 1.165) is 56.2 Å². The number of amides is 1. The van der Waals surface area contributed by atoms with E-state index in [2.05, 4.69) is 20.9 Å². The van der Waals surface area contributed by atoms with E-state index in [0.29, 0.717) is 13.0 Å². The van der Waals surface area contributed by atoms with Crippen LogP contribution in [-0.2, 0) is 16.1 Å². The summed E-state index contributed by atoms with van der Waals surface area (Å²) in [6, 6.07) is 7.86. The van der Waals surface area contributed by atoms with Crippen LogP contribution >= 0.6 is 0 Å². The maximum absolute atomic E-state index is 11.7. The average Bonchev–Trinajstić information content (AvgIpc) is 2.61. The van der Waals surface area contributed by atoms with Gasteiger partial charge in [0.25, 0.3) is 0 Å². The third-order valence-electron chi connectivity index (χ3n) is 3.58. The molecule has 25 heavy (non-hydrogen) atoms. The molecule has 0 saturated heterocycles. The number of hydrogen-bond acceptors (Lipinski definition) is 3. The highest BCUT2D eigenvalue weighted by molar-refractivity contribution is 5.90. The van der Waals surface area contributed by atoms with Gasteiger partial charge in [0.1, 0.15) is 0 Å². The number of anilines is 1. The second-order valence-electron chi connectivity index (χ2n) is 5.76. The molecule has 3 N–H and O–H groups in total. The van der Waals surface area contributed by atoms with Gasteiger partial charge in [0.2, 0.25) is 5.91 Å². The van der Waals surface area contributed by atoms with Crippen molar-refractivity contribution in [2.24, 2.45) is 4.99 Å². The van der Waals surface area contributed by atoms with Gasteiger partial charge in [-0.1, -0.05) is 19.1 Å². The molecule has 0 fully saturated rings. The summed E-state index contributed by atoms with van der Waals surface area (Å²) in [4.78, 5) is 15.9. The predicted molar refractivity (Wildman–Crippen MR) is 104 cm³/mol. The van der Waals surface area contributed by atoms with E-state index in [9.17, 15) is 4.79 Å². The smallest absolute Gasteiger partial charge is 0.224 e. The number of benzene rings is 1. The van der Waals surface area contributed by atoms with Crippen molar-refractivity contribution in [3.8, 4) is 0 Å². The minimum atomic E-state index is 0.0529. The van der Waals surface area contributed by atoms with E-state index >= 15 is 0 Å². The van der Waals surface area contributed by atoms with E-state index in [-0.39, 0.29) is 5.91 Å². The molecule has 1 aromatic carbocycles. The Bertz CT molecular complexity index is 532. The summed E-state index contributed by atoms with van der Waals surface area (Å²) < 4.78 is 5.32. The van der Waals surface area contributed by atoms with Crippen LogP contribution in [-0.4, -0.2) is 38.7 Å². The number of hydrogen-bond donors (Lipinski definition) is 3. The van der Waals surface area contributed by atoms with Crippen molar-refractivity contribution in [3.05, 3.63) is 29.8 Å². The molecule has 1 rings (SSSR count). The summed E-state index contributed by atoms with van der Waals surface area (Å²) in [6.07, 6.45) is 3.47. The van der Waals surface area contributed by atoms with Gasteiger partial charge >= 0.3 is 0 Å². The molecule has 0 spiro atoms. The number of guanidine groups is 1. The predicted octanol–water partition coefficient (Wildman–Crippen LogP) is 2.91. The van der Waals surface area contributed by atoms with Crippen molar-refractivity contribution in [2.45, 2.75) is 46.1 Å². The maximum atomic E-state index is 11.7. The first kappa shape index (κ1) is 21.0. The highest BCUT2D eigenvalue weighted by atomic mass is 16.5. The van der Waals surface area contributed by atoms with Crippen LogP contribution in [0.25, 0.3) is 0 Å². The Hall–Kier alpha value is -2.08. The lowest BCUT2D eigenvalue weighted by Crippen LogP contribution is -2.37. The first-order valence-corrected chi connectivity index (χ1v) is 9.10. The molecule has 0 aliphatic rings. The molecule has 0 heterocycles. The first-order valence-electron chi connectivity index (χ1n) is 9.10. The van der Waals surface area contributed by atoms with Crippen molar-refractivity contribution in [1.82, 2.24) is 10.6 Å². The second kappa shape index (κ2) is 13.2. The quantitative estimate of drug-likeness (QED) is 0.326. The Kier molecular flexibility index (Phi) is 11.1. The molecule has 1 amide bonds. The van der Waals surface area contributed by atoms with Crippen molar-refractivity contribution in [2.75, 3.05) is 32.1 Å². The van der Waals surface area contributed by atoms with Gasteiger partial charge in [-0.05, 0) is 43.9 Å². The number of ether oxygens (including phenoxy) is 1. The van der Waals surface area contributed by atoms with Crippen LogP contribution in [0.2, 0.25) is 0 Å². The number of nitrogens with one attached hydrogen (secondary N) is 3. The lowest BCUT2D eigenvalue weighted by molar-refractivity contribution is -0.116. The van der Waals surface area contributed by atoms with E-state index in [4.69, 9.17) is 4.74 Å². The van der Waals surface area contributed by atoms with Gasteiger partial charge in [0, 0.05) is 45.5 Å². The van der Waals surface area contributed by atoms with Crippen LogP contribution in [0.1, 0.15) is 45.1 Å². The van der Waals surface area contributed by atoms with Gasteiger partial charge < -0.3 is 20.7 Å². The molecule has 1 aromatic rings. The van der Waals surface area contributed by atoms with Gasteiger partial charge in [-0.15, -0.1) is 0 Å². The van der Waals surface area contributed by atoms with Crippen LogP contribution in [0.4, 0.5) is 5.69 Å². The molecular formula is C19H32N4O2. The van der Waals surface area contributed by atoms with Gasteiger partial charge in [-0.2, -0.15) is 0 Å². The summed E-state index contributed by atoms with van der Waals surface area (Å²) >= 11 is 0. The fourth-order valence-electron chi connectivity index (χ4n) is 2.30. The standard InChI is InChI=1S/C19H32N4O2/c1-4-9-18(24)23-17-11-8-10-16(14-17)15-22-19(20-3)21-12-6-7-13-25-5-2/h8,10-11,14H,4-7,9,12-13,15H2,1-3H3,(H,23,24)(H2,20,21,22). The van der Waals surface area contributed by atoms with E-state index < -0.39 is 0 Å². The number of rotatable bonds is 11. The molecule has 140 valence electrons. The summed E-state index contributed by atoms with van der Waals surface area (Å²) in [7, 11) is 1.76. The number of carbonyl (C=O) groups is 1. The first-order chi connectivity index (χ1) is 12.2. The SMILES string of the molecule is CCCC(=O)Nc1cccc(CNC(=NC)NCCCCOCC)c1. The molecule has 0 radical (unpaired) electrons. The molecule has 0 aromatic heterocycles. The van der Waals surface area contributed by atoms with Gasteiger partial charge in [-0.25, -0.2) is 0 Å². The second-order valence-corrected chi connectivity index (χ2v) is 5.76. The Morgan fingerprint density at radius 2 is 2.04 bits per heavy atom. The highest BCUT2D eigenvalue weighted by Crippen LogP contribution is 2.11. The minimum absolute atomic E-state index is 0.0529. The van der Waals surface area contributed by atoms with Crippen LogP contribution in [0, 0.1) is 0 Å². The maximum Gasteiger partial charge on any atom is 0.224 e. The Balaban J connectivity index is 2.36. The zero-order valence-corrected chi connectivity index (χ0v) is 15.7. The molecule has 6 heteroatoms. The van der Waals surface area contributed by atoms with Gasteiger partial charge in [0.05, 0.1) is 0 Å². The third kappa shape index (κ3) is 9.72. The van der Waals surface area contributed by atoms with Crippen LogP contribution in [0.5, 0.6) is 0 Å². The van der Waals surface area contributed by atoms with Gasteiger partial charge in [-0.3, -0.25) is 9.79 Å². The van der Waals surface area contributed by atoms with Crippen LogP contribution in [0.15, 0.2) is 29.3 Å². The van der Waals surface area contributed by atoms with Crippen LogP contribution < -0.4 is 16.0 Å². The monoisotopic (exact) mass is 348 g/mol. The molecule has 6 nitrogen and oxygen atoms in total. The highest BCUT2D eigenvalue weighted by Gasteiger charge is 2.03. The zero-order valence-electron chi connectivity index (χ0n) is 15.7. The van der Waals surface area contributed by atoms with Crippen molar-refractivity contribution in [1.29, 1.82) is 0 Å². The molecule has 0 unspecified atom stereocenters. The summed E-state index contributed by atoms with van der Waals surface area (Å²) in [6.45, 7) is 7.09. The molecule has 0 aliphatic carbocycles. The summed E-state index contributed by atoms with van der Waals surface area (Å²) in [5.74, 6) is 0.828. The summed E-state index contributed by atoms with van der Waals surface area (Å²) in [5, 5.41) is 9.50. The summed E-state index contributed by atoms with van der Waals surface area (Å²) in [5.41, 5.74) is 1.92. The fourth-order valence-corrected chi connectivity index (χ4v) is 2.30. The zero-order chi connectivity index (χ0) is 18.3. The average molecular weight is 348 g/mol. The Morgan fingerprint density at radius 3 is 2.76 bits per heavy atom. The van der Waals surface area contributed by atoms with Crippen LogP contribution in [0.3, 0.4) is 0 Å². The topological polar surface area (TPSA) is 74.8 Å². The molecule has 0 aliphatic heterocycles. The third-order valence-corrected chi connectivity index (χ3v) is 3.58.